The van der Waals surface area contributed by atoms with Crippen LogP contribution in [0, 0.1) is 0 Å². The van der Waals surface area contributed by atoms with E-state index in [0.717, 1.165) is 96.5 Å². The van der Waals surface area contributed by atoms with E-state index < -0.39 is 36.1 Å². The quantitative estimate of drug-likeness (QED) is 0.0300. The summed E-state index contributed by atoms with van der Waals surface area (Å²) in [5.41, 5.74) is 15.9. The third-order valence-corrected chi connectivity index (χ3v) is 13.2. The normalized spacial score (nSPS) is 16.8. The van der Waals surface area contributed by atoms with E-state index in [1.54, 1.807) is 0 Å². The first-order valence-electron chi connectivity index (χ1n) is 24.8. The van der Waals surface area contributed by atoms with Gasteiger partial charge in [-0.25, -0.2) is 0 Å². The van der Waals surface area contributed by atoms with Gasteiger partial charge in [-0.05, 0) is 74.2 Å². The van der Waals surface area contributed by atoms with Crippen LogP contribution in [0.15, 0.2) is 48.5 Å². The summed E-state index contributed by atoms with van der Waals surface area (Å²) in [6.45, 7) is 3.71. The maximum Gasteiger partial charge on any atom is 0.323 e. The van der Waals surface area contributed by atoms with Crippen molar-refractivity contribution >= 4 is 93.3 Å². The molecule has 2 aliphatic heterocycles. The number of likely N-dealkylation sites (tertiary alicyclic amines) is 2. The second-order valence-electron chi connectivity index (χ2n) is 17.7. The Bertz CT molecular complexity index is 1770. The monoisotopic (exact) mass is 1050 g/mol. The number of carbonyl (C=O) groups excluding carboxylic acids is 6. The van der Waals surface area contributed by atoms with Crippen molar-refractivity contribution < 1.29 is 38.2 Å². The summed E-state index contributed by atoms with van der Waals surface area (Å²) in [7, 11) is 0. The molecule has 2 aliphatic rings. The Kier molecular flexibility index (Phi) is 27.8. The number of carbonyl (C=O) groups is 6. The van der Waals surface area contributed by atoms with Crippen LogP contribution in [0.1, 0.15) is 88.2 Å². The van der Waals surface area contributed by atoms with Gasteiger partial charge in [0.25, 0.3) is 0 Å². The molecule has 2 fully saturated rings. The maximum atomic E-state index is 12.9. The number of nitrogens with zero attached hydrogens (tertiary/aromatic N) is 4. The highest BCUT2D eigenvalue weighted by Gasteiger charge is 2.39. The molecule has 0 radical (unpaired) electrons. The zero-order valence-corrected chi connectivity index (χ0v) is 43.5. The molecule has 0 aromatic heterocycles. The molecule has 2 aromatic rings. The molecule has 16 nitrogen and oxygen atoms in total. The van der Waals surface area contributed by atoms with Crippen molar-refractivity contribution in [2.75, 3.05) is 98.9 Å². The number of nitrogens with two attached hydrogens (primary N) is 2. The number of alkyl halides is 4. The van der Waals surface area contributed by atoms with Gasteiger partial charge in [0.1, 0.15) is 25.3 Å². The molecule has 2 saturated heterocycles. The molecule has 390 valence electrons. The Labute approximate surface area is 434 Å². The average molecular weight is 1060 g/mol. The van der Waals surface area contributed by atoms with Crippen molar-refractivity contribution in [3.63, 3.8) is 0 Å². The van der Waals surface area contributed by atoms with Crippen LogP contribution in [0.2, 0.25) is 0 Å². The van der Waals surface area contributed by atoms with Crippen LogP contribution in [-0.4, -0.2) is 159 Å². The van der Waals surface area contributed by atoms with Crippen LogP contribution in [0.5, 0.6) is 0 Å². The van der Waals surface area contributed by atoms with Crippen molar-refractivity contribution in [2.45, 2.75) is 114 Å². The molecule has 4 unspecified atom stereocenters. The fourth-order valence-corrected chi connectivity index (χ4v) is 9.39. The first-order valence-corrected chi connectivity index (χ1v) is 27.0. The third-order valence-electron chi connectivity index (χ3n) is 12.5. The molecule has 0 bridgehead atoms. The average Bonchev–Trinajstić information content (AvgIpc) is 3.78. The van der Waals surface area contributed by atoms with Crippen molar-refractivity contribution in [3.05, 3.63) is 59.7 Å². The number of unbranched alkanes of at least 4 members (excludes halogenated alkanes) is 9. The zero-order chi connectivity index (χ0) is 50.7. The molecule has 0 aliphatic carbocycles. The molecule has 6 N–H and O–H groups in total. The van der Waals surface area contributed by atoms with Crippen LogP contribution < -0.4 is 31.9 Å². The largest absolute Gasteiger partial charge is 0.463 e. The standard InChI is InChI=1S/C50H74Cl4N8O8/c51-19-25-59(26-20-52)39-15-11-37(12-16-39)33-41(55)49(67)69-31-29-61-45(63)35-43(47(61)65)57-23-9-7-5-3-1-2-4-6-8-10-24-58-44-36-46(64)62(48(44)66)30-32-70-50(68)42(56)34-38-13-17-40(18-14-38)60(27-21-53)28-22-54/h11-18,41-44,57-58H,1-10,19-36,55-56H2. The Morgan fingerprint density at radius 2 is 0.857 bits per heavy atom. The fraction of sp³-hybridized carbons (Fsp3) is 0.640. The van der Waals surface area contributed by atoms with Crippen LogP contribution in [0.25, 0.3) is 0 Å². The molecule has 20 heteroatoms. The van der Waals surface area contributed by atoms with Gasteiger partial charge in [-0.3, -0.25) is 38.6 Å². The van der Waals surface area contributed by atoms with Gasteiger partial charge >= 0.3 is 11.9 Å². The number of rotatable bonds is 37. The first kappa shape index (κ1) is 58.8. The second-order valence-corrected chi connectivity index (χ2v) is 19.3. The van der Waals surface area contributed by atoms with Gasteiger partial charge in [0.2, 0.25) is 23.6 Å². The molecule has 70 heavy (non-hydrogen) atoms. The summed E-state index contributed by atoms with van der Waals surface area (Å²) in [5, 5.41) is 6.45. The number of imide groups is 2. The Morgan fingerprint density at radius 1 is 0.543 bits per heavy atom. The minimum Gasteiger partial charge on any atom is -0.463 e. The Morgan fingerprint density at radius 3 is 1.17 bits per heavy atom. The van der Waals surface area contributed by atoms with Crippen LogP contribution >= 0.6 is 46.4 Å². The van der Waals surface area contributed by atoms with Crippen molar-refractivity contribution in [2.24, 2.45) is 11.5 Å². The lowest BCUT2D eigenvalue weighted by molar-refractivity contribution is -0.149. The summed E-state index contributed by atoms with van der Waals surface area (Å²) in [6, 6.07) is 12.5. The Balaban J connectivity index is 0.956. The molecule has 4 atom stereocenters. The predicted molar refractivity (Wildman–Crippen MR) is 278 cm³/mol. The number of esters is 2. The van der Waals surface area contributed by atoms with Gasteiger partial charge in [0.15, 0.2) is 0 Å². The first-order chi connectivity index (χ1) is 33.9. The minimum atomic E-state index is -0.886. The topological polar surface area (TPSA) is 210 Å². The van der Waals surface area contributed by atoms with E-state index in [4.69, 9.17) is 67.3 Å². The predicted octanol–water partition coefficient (Wildman–Crippen LogP) is 5.12. The van der Waals surface area contributed by atoms with E-state index in [-0.39, 0.29) is 75.6 Å². The van der Waals surface area contributed by atoms with Crippen molar-refractivity contribution in [1.82, 2.24) is 20.4 Å². The molecule has 0 spiro atoms. The molecule has 4 rings (SSSR count). The molecular weight excluding hydrogens is 982 g/mol. The Hall–Kier alpha value is -3.74. The fourth-order valence-electron chi connectivity index (χ4n) is 8.57. The summed E-state index contributed by atoms with van der Waals surface area (Å²) in [6.07, 6.45) is 11.4. The van der Waals surface area contributed by atoms with E-state index in [1.807, 2.05) is 48.5 Å². The lowest BCUT2D eigenvalue weighted by atomic mass is 10.1. The number of benzene rings is 2. The lowest BCUT2D eigenvalue weighted by Gasteiger charge is -2.23. The summed E-state index contributed by atoms with van der Waals surface area (Å²) >= 11 is 23.7. The number of ether oxygens (including phenoxy) is 2. The maximum absolute atomic E-state index is 12.9. The summed E-state index contributed by atoms with van der Waals surface area (Å²) < 4.78 is 10.7. The van der Waals surface area contributed by atoms with E-state index in [0.29, 0.717) is 62.8 Å². The number of hydrogen-bond donors (Lipinski definition) is 4. The molecule has 0 saturated carbocycles. The molecule has 4 amide bonds. The smallest absolute Gasteiger partial charge is 0.323 e. The van der Waals surface area contributed by atoms with Gasteiger partial charge in [0, 0.05) is 61.1 Å². The number of amides is 4. The van der Waals surface area contributed by atoms with E-state index in [1.165, 1.54) is 0 Å². The highest BCUT2D eigenvalue weighted by molar-refractivity contribution is 6.19. The molecule has 2 heterocycles. The van der Waals surface area contributed by atoms with E-state index in [2.05, 4.69) is 20.4 Å². The second kappa shape index (κ2) is 33.1. The number of anilines is 2. The number of nitrogens with one attached hydrogen (secondary N) is 2. The van der Waals surface area contributed by atoms with E-state index in [9.17, 15) is 28.8 Å². The van der Waals surface area contributed by atoms with Crippen molar-refractivity contribution in [3.8, 4) is 0 Å². The summed E-state index contributed by atoms with van der Waals surface area (Å²) in [5.74, 6) is -0.446. The van der Waals surface area contributed by atoms with Crippen LogP contribution in [0.4, 0.5) is 11.4 Å². The number of halogens is 4. The summed E-state index contributed by atoms with van der Waals surface area (Å²) in [4.78, 5) is 82.7. The lowest BCUT2D eigenvalue weighted by Crippen LogP contribution is -2.41. The minimum absolute atomic E-state index is 0.00924. The van der Waals surface area contributed by atoms with Gasteiger partial charge in [0.05, 0.1) is 38.0 Å². The van der Waals surface area contributed by atoms with Crippen LogP contribution in [-0.2, 0) is 51.1 Å². The zero-order valence-electron chi connectivity index (χ0n) is 40.4. The van der Waals surface area contributed by atoms with Gasteiger partial charge < -0.3 is 41.4 Å². The highest BCUT2D eigenvalue weighted by Crippen LogP contribution is 2.20. The van der Waals surface area contributed by atoms with Gasteiger partial charge in [-0.15, -0.1) is 46.4 Å². The number of hydrogen-bond acceptors (Lipinski definition) is 14. The highest BCUT2D eigenvalue weighted by atomic mass is 35.5. The third kappa shape index (κ3) is 20.0. The van der Waals surface area contributed by atoms with E-state index >= 15 is 0 Å². The van der Waals surface area contributed by atoms with Crippen LogP contribution in [0.3, 0.4) is 0 Å². The van der Waals surface area contributed by atoms with Crippen molar-refractivity contribution in [1.29, 1.82) is 0 Å². The molecular formula is C50H74Cl4N8O8. The molecule has 2 aromatic carbocycles. The van der Waals surface area contributed by atoms with Gasteiger partial charge in [-0.2, -0.15) is 0 Å². The van der Waals surface area contributed by atoms with Gasteiger partial charge in [-0.1, -0.05) is 75.6 Å². The SMILES string of the molecule is NC(Cc1ccc(N(CCCl)CCCl)cc1)C(=O)OCCN1C(=O)CC(NCCCCCCCCCCCCNC2CC(=O)N(CCOC(=O)C(N)Cc3ccc(N(CCCl)CCCl)cc3)C2=O)C1=O.